The van der Waals surface area contributed by atoms with Gasteiger partial charge < -0.3 is 0 Å². The molecule has 0 aromatic rings. The molecule has 2 aliphatic heterocycles. The summed E-state index contributed by atoms with van der Waals surface area (Å²) in [5.41, 5.74) is 1.02. The third kappa shape index (κ3) is 1.81. The minimum Gasteiger partial charge on any atom is -0.219 e. The standard InChI is InChI=1S/C12H16O2S/c1-2-3-4-5-6-10-9-11-7-8-12(10)15(11,13)14/h7-9H,2-6H2,1H3. The van der Waals surface area contributed by atoms with Crippen LogP contribution in [0.25, 0.3) is 0 Å². The van der Waals surface area contributed by atoms with Gasteiger partial charge in [-0.25, -0.2) is 8.42 Å². The van der Waals surface area contributed by atoms with E-state index in [1.54, 1.807) is 12.2 Å². The molecule has 2 aliphatic rings. The summed E-state index contributed by atoms with van der Waals surface area (Å²) in [6, 6.07) is 0. The molecule has 3 heteroatoms. The number of unbranched alkanes of at least 4 members (excludes halogenated alkanes) is 3. The van der Waals surface area contributed by atoms with Crippen molar-refractivity contribution in [2.75, 3.05) is 0 Å². The third-order valence-corrected chi connectivity index (χ3v) is 4.78. The first-order chi connectivity index (χ1) is 7.16. The molecule has 0 unspecified atom stereocenters. The van der Waals surface area contributed by atoms with Crippen molar-refractivity contribution in [1.82, 2.24) is 0 Å². The normalized spacial score (nSPS) is 21.3. The van der Waals surface area contributed by atoms with Crippen LogP contribution in [0.1, 0.15) is 39.0 Å². The quantitative estimate of drug-likeness (QED) is 0.672. The van der Waals surface area contributed by atoms with Crippen molar-refractivity contribution in [1.29, 1.82) is 0 Å². The van der Waals surface area contributed by atoms with Crippen LogP contribution in [-0.4, -0.2) is 8.42 Å². The van der Waals surface area contributed by atoms with Gasteiger partial charge in [-0.15, -0.1) is 0 Å². The zero-order valence-electron chi connectivity index (χ0n) is 8.99. The van der Waals surface area contributed by atoms with E-state index in [-0.39, 0.29) is 0 Å². The van der Waals surface area contributed by atoms with Gasteiger partial charge in [0.2, 0.25) is 9.84 Å². The minimum absolute atomic E-state index is 0.489. The summed E-state index contributed by atoms with van der Waals surface area (Å²) in [7, 11) is -3.05. The number of fused-ring (bicyclic) bond motifs is 2. The van der Waals surface area contributed by atoms with Crippen LogP contribution in [0.4, 0.5) is 0 Å². The van der Waals surface area contributed by atoms with Crippen LogP contribution in [0.3, 0.4) is 0 Å². The SMILES string of the molecule is CCCCCCC1=C2C=CC(=C1)S2(=O)=O. The van der Waals surface area contributed by atoms with E-state index >= 15 is 0 Å². The Hall–Kier alpha value is -0.830. The summed E-state index contributed by atoms with van der Waals surface area (Å²) < 4.78 is 23.3. The molecule has 0 radical (unpaired) electrons. The molecule has 0 N–H and O–H groups in total. The van der Waals surface area contributed by atoms with Crippen LogP contribution in [0.2, 0.25) is 0 Å². The summed E-state index contributed by atoms with van der Waals surface area (Å²) in [6.45, 7) is 2.18. The molecule has 0 saturated heterocycles. The number of hydrogen-bond acceptors (Lipinski definition) is 2. The Bertz CT molecular complexity index is 450. The molecule has 2 nitrogen and oxygen atoms in total. The van der Waals surface area contributed by atoms with E-state index < -0.39 is 9.84 Å². The topological polar surface area (TPSA) is 34.1 Å². The molecular weight excluding hydrogens is 208 g/mol. The molecule has 0 aliphatic carbocycles. The highest BCUT2D eigenvalue weighted by molar-refractivity contribution is 8.00. The zero-order chi connectivity index (χ0) is 10.9. The smallest absolute Gasteiger partial charge is 0.206 e. The van der Waals surface area contributed by atoms with E-state index in [2.05, 4.69) is 6.92 Å². The molecule has 2 rings (SSSR count). The summed E-state index contributed by atoms with van der Waals surface area (Å²) in [5, 5.41) is 0. The number of rotatable bonds is 5. The Morgan fingerprint density at radius 1 is 1.13 bits per heavy atom. The second-order valence-electron chi connectivity index (χ2n) is 4.08. The lowest BCUT2D eigenvalue weighted by Gasteiger charge is -2.01. The molecule has 0 fully saturated rings. The van der Waals surface area contributed by atoms with Gasteiger partial charge in [-0.2, -0.15) is 0 Å². The lowest BCUT2D eigenvalue weighted by atomic mass is 10.0. The van der Waals surface area contributed by atoms with Crippen LogP contribution in [0.5, 0.6) is 0 Å². The average Bonchev–Trinajstić information content (AvgIpc) is 2.62. The molecule has 0 spiro atoms. The maximum Gasteiger partial charge on any atom is 0.206 e. The second kappa shape index (κ2) is 3.97. The summed E-state index contributed by atoms with van der Waals surface area (Å²) >= 11 is 0. The van der Waals surface area contributed by atoms with E-state index in [4.69, 9.17) is 0 Å². The molecule has 0 atom stereocenters. The molecule has 0 aromatic carbocycles. The first-order valence-corrected chi connectivity index (χ1v) is 7.02. The Morgan fingerprint density at radius 3 is 2.47 bits per heavy atom. The monoisotopic (exact) mass is 224 g/mol. The highest BCUT2D eigenvalue weighted by atomic mass is 32.2. The van der Waals surface area contributed by atoms with Crippen LogP contribution in [0.15, 0.2) is 33.6 Å². The fraction of sp³-hybridized carbons (Fsp3) is 0.500. The molecule has 15 heavy (non-hydrogen) atoms. The van der Waals surface area contributed by atoms with Gasteiger partial charge in [0.15, 0.2) is 0 Å². The Kier molecular flexibility index (Phi) is 2.83. The van der Waals surface area contributed by atoms with Crippen molar-refractivity contribution in [2.24, 2.45) is 0 Å². The Morgan fingerprint density at radius 2 is 1.93 bits per heavy atom. The number of hydrogen-bond donors (Lipinski definition) is 0. The van der Waals surface area contributed by atoms with E-state index in [0.717, 1.165) is 18.4 Å². The Balaban J connectivity index is 2.02. The molecule has 0 saturated carbocycles. The third-order valence-electron chi connectivity index (χ3n) is 2.93. The highest BCUT2D eigenvalue weighted by Gasteiger charge is 2.33. The average molecular weight is 224 g/mol. The van der Waals surface area contributed by atoms with Crippen molar-refractivity contribution in [3.63, 3.8) is 0 Å². The van der Waals surface area contributed by atoms with E-state index in [1.807, 2.05) is 6.08 Å². The highest BCUT2D eigenvalue weighted by Crippen LogP contribution is 2.39. The van der Waals surface area contributed by atoms with Crippen molar-refractivity contribution < 1.29 is 8.42 Å². The lowest BCUT2D eigenvalue weighted by Crippen LogP contribution is -1.94. The first kappa shape index (κ1) is 10.7. The number of sulfone groups is 1. The van der Waals surface area contributed by atoms with Crippen LogP contribution < -0.4 is 0 Å². The van der Waals surface area contributed by atoms with E-state index in [1.165, 1.54) is 19.3 Å². The van der Waals surface area contributed by atoms with E-state index in [9.17, 15) is 8.42 Å². The van der Waals surface area contributed by atoms with Gasteiger partial charge >= 0.3 is 0 Å². The second-order valence-corrected chi connectivity index (χ2v) is 6.00. The van der Waals surface area contributed by atoms with Gasteiger partial charge in [-0.05, 0) is 36.6 Å². The predicted octanol–water partition coefficient (Wildman–Crippen LogP) is 3.09. The summed E-state index contributed by atoms with van der Waals surface area (Å²) in [6.07, 6.45) is 10.9. The molecule has 82 valence electrons. The van der Waals surface area contributed by atoms with Gasteiger partial charge in [0.05, 0.1) is 9.81 Å². The maximum absolute atomic E-state index is 11.7. The predicted molar refractivity (Wildman–Crippen MR) is 61.9 cm³/mol. The molecule has 0 aromatic heterocycles. The zero-order valence-corrected chi connectivity index (χ0v) is 9.81. The van der Waals surface area contributed by atoms with E-state index in [0.29, 0.717) is 9.81 Å². The van der Waals surface area contributed by atoms with Crippen molar-refractivity contribution in [3.8, 4) is 0 Å². The van der Waals surface area contributed by atoms with Crippen molar-refractivity contribution >= 4 is 9.84 Å². The molecule has 0 amide bonds. The minimum atomic E-state index is -3.05. The first-order valence-electron chi connectivity index (χ1n) is 5.54. The molecular formula is C12H16O2S. The molecule has 2 heterocycles. The summed E-state index contributed by atoms with van der Waals surface area (Å²) in [4.78, 5) is 1.04. The van der Waals surface area contributed by atoms with Crippen LogP contribution in [0, 0.1) is 0 Å². The Labute approximate surface area is 91.3 Å². The van der Waals surface area contributed by atoms with Gasteiger partial charge in [-0.3, -0.25) is 0 Å². The van der Waals surface area contributed by atoms with Gasteiger partial charge in [0.25, 0.3) is 0 Å². The van der Waals surface area contributed by atoms with Crippen LogP contribution in [-0.2, 0) is 9.84 Å². The lowest BCUT2D eigenvalue weighted by molar-refractivity contribution is 0.610. The fourth-order valence-electron chi connectivity index (χ4n) is 2.05. The van der Waals surface area contributed by atoms with Gasteiger partial charge in [0, 0.05) is 0 Å². The van der Waals surface area contributed by atoms with Crippen molar-refractivity contribution in [2.45, 2.75) is 39.0 Å². The molecule has 2 bridgehead atoms. The van der Waals surface area contributed by atoms with Crippen molar-refractivity contribution in [3.05, 3.63) is 33.6 Å². The van der Waals surface area contributed by atoms with Gasteiger partial charge in [0.1, 0.15) is 0 Å². The number of allylic oxidation sites excluding steroid dienone is 4. The van der Waals surface area contributed by atoms with Gasteiger partial charge in [-0.1, -0.05) is 26.2 Å². The maximum atomic E-state index is 11.7. The fourth-order valence-corrected chi connectivity index (χ4v) is 3.60. The largest absolute Gasteiger partial charge is 0.219 e. The van der Waals surface area contributed by atoms with Crippen LogP contribution >= 0.6 is 0 Å². The summed E-state index contributed by atoms with van der Waals surface area (Å²) in [5.74, 6) is 0.